The van der Waals surface area contributed by atoms with E-state index in [0.29, 0.717) is 12.8 Å². The Morgan fingerprint density at radius 3 is 2.62 bits per heavy atom. The van der Waals surface area contributed by atoms with Crippen LogP contribution in [0.15, 0.2) is 53.9 Å². The van der Waals surface area contributed by atoms with Gasteiger partial charge < -0.3 is 20.1 Å². The molecule has 0 saturated heterocycles. The number of fused-ring (bicyclic) bond motifs is 6. The van der Waals surface area contributed by atoms with E-state index in [4.69, 9.17) is 4.74 Å². The number of carbonyl (C=O) groups is 2. The van der Waals surface area contributed by atoms with Gasteiger partial charge in [0.05, 0.1) is 23.7 Å². The normalized spacial score (nSPS) is 38.5. The van der Waals surface area contributed by atoms with Gasteiger partial charge in [-0.2, -0.15) is 5.10 Å². The highest BCUT2D eigenvalue weighted by Crippen LogP contribution is 2.68. The molecule has 39 heavy (non-hydrogen) atoms. The molecule has 2 fully saturated rings. The number of benzene rings is 1. The quantitative estimate of drug-likeness (QED) is 0.512. The van der Waals surface area contributed by atoms with Crippen LogP contribution in [0.4, 0.5) is 0 Å². The fourth-order valence-electron chi connectivity index (χ4n) is 8.74. The van der Waals surface area contributed by atoms with E-state index >= 15 is 0 Å². The minimum absolute atomic E-state index is 0.152. The Kier molecular flexibility index (Phi) is 5.76. The van der Waals surface area contributed by atoms with Gasteiger partial charge in [0, 0.05) is 29.2 Å². The summed E-state index contributed by atoms with van der Waals surface area (Å²) >= 11 is 0. The number of aliphatic hydroxyl groups excluding tert-OH is 2. The van der Waals surface area contributed by atoms with Gasteiger partial charge in [0.15, 0.2) is 6.61 Å². The van der Waals surface area contributed by atoms with E-state index in [0.717, 1.165) is 22.5 Å². The van der Waals surface area contributed by atoms with Crippen LogP contribution in [-0.2, 0) is 20.7 Å². The zero-order valence-electron chi connectivity index (χ0n) is 22.8. The second-order valence-electron chi connectivity index (χ2n) is 12.5. The van der Waals surface area contributed by atoms with E-state index < -0.39 is 46.8 Å². The lowest BCUT2D eigenvalue weighted by atomic mass is 9.46. The number of rotatable bonds is 4. The Balaban J connectivity index is 1.41. The number of esters is 1. The molecule has 3 N–H and O–H groups in total. The Morgan fingerprint density at radius 1 is 1.21 bits per heavy atom. The van der Waals surface area contributed by atoms with Crippen LogP contribution >= 0.6 is 0 Å². The largest absolute Gasteiger partial charge is 0.508 e. The average Bonchev–Trinajstić information content (AvgIpc) is 3.38. The number of allylic oxidation sites excluding steroid dienone is 2. The number of para-hydroxylation sites is 1. The van der Waals surface area contributed by atoms with Gasteiger partial charge >= 0.3 is 5.97 Å². The molecular formula is C31H36N2O6. The van der Waals surface area contributed by atoms with Crippen molar-refractivity contribution in [2.24, 2.45) is 34.5 Å². The number of ketones is 1. The van der Waals surface area contributed by atoms with Gasteiger partial charge in [-0.1, -0.05) is 39.0 Å². The topological polar surface area (TPSA) is 122 Å². The minimum Gasteiger partial charge on any atom is -0.508 e. The van der Waals surface area contributed by atoms with E-state index in [1.165, 1.54) is 6.92 Å². The monoisotopic (exact) mass is 532 g/mol. The summed E-state index contributed by atoms with van der Waals surface area (Å²) in [5.74, 6) is -1.95. The van der Waals surface area contributed by atoms with Gasteiger partial charge in [-0.3, -0.25) is 9.59 Å². The molecule has 2 aromatic rings. The van der Waals surface area contributed by atoms with Crippen molar-refractivity contribution in [3.63, 3.8) is 0 Å². The van der Waals surface area contributed by atoms with Gasteiger partial charge in [-0.15, -0.1) is 0 Å². The maximum absolute atomic E-state index is 13.3. The summed E-state index contributed by atoms with van der Waals surface area (Å²) in [6, 6.07) is 9.86. The first kappa shape index (κ1) is 26.0. The maximum atomic E-state index is 13.3. The maximum Gasteiger partial charge on any atom is 0.303 e. The SMILES string of the molecule is CC(=O)OCC(=O)[C@@]1(O)[C@H](C)C[C@H]2[C@@H]3C=C(O)C4=Cc5c(cnn5-c5ccccc5)C[C@]4(C)[C@H]3[C@@H](O)C[C@@]21C. The summed E-state index contributed by atoms with van der Waals surface area (Å²) < 4.78 is 6.86. The number of Topliss-reactive ketones (excluding diaryl/α,β-unsaturated/α-hetero) is 1. The zero-order valence-corrected chi connectivity index (χ0v) is 22.8. The lowest BCUT2D eigenvalue weighted by Crippen LogP contribution is -2.63. The van der Waals surface area contributed by atoms with Crippen LogP contribution in [0.25, 0.3) is 11.8 Å². The molecule has 0 unspecified atom stereocenters. The molecule has 0 aliphatic heterocycles. The highest BCUT2D eigenvalue weighted by atomic mass is 16.5. The predicted molar refractivity (Wildman–Crippen MR) is 144 cm³/mol. The first-order chi connectivity index (χ1) is 18.4. The molecule has 8 heteroatoms. The van der Waals surface area contributed by atoms with Crippen molar-refractivity contribution in [2.45, 2.75) is 58.7 Å². The molecule has 0 bridgehead atoms. The summed E-state index contributed by atoms with van der Waals surface area (Å²) in [4.78, 5) is 24.7. The Labute approximate surface area is 228 Å². The van der Waals surface area contributed by atoms with Crippen molar-refractivity contribution in [2.75, 3.05) is 6.61 Å². The molecule has 1 heterocycles. The highest BCUT2D eigenvalue weighted by Gasteiger charge is 2.70. The van der Waals surface area contributed by atoms with Crippen molar-refractivity contribution in [3.8, 4) is 5.69 Å². The number of ether oxygens (including phenoxy) is 1. The summed E-state index contributed by atoms with van der Waals surface area (Å²) in [7, 11) is 0. The average molecular weight is 533 g/mol. The smallest absolute Gasteiger partial charge is 0.303 e. The van der Waals surface area contributed by atoms with Gasteiger partial charge in [-0.05, 0) is 66.9 Å². The van der Waals surface area contributed by atoms with Crippen LogP contribution < -0.4 is 0 Å². The highest BCUT2D eigenvalue weighted by molar-refractivity contribution is 5.91. The molecule has 2 saturated carbocycles. The van der Waals surface area contributed by atoms with Crippen LogP contribution in [0.2, 0.25) is 0 Å². The van der Waals surface area contributed by atoms with Crippen LogP contribution in [0, 0.1) is 34.5 Å². The van der Waals surface area contributed by atoms with E-state index in [-0.39, 0.29) is 29.9 Å². The number of aliphatic hydroxyl groups is 3. The second-order valence-corrected chi connectivity index (χ2v) is 12.5. The summed E-state index contributed by atoms with van der Waals surface area (Å²) in [5.41, 5.74) is 0.417. The molecule has 6 rings (SSSR count). The molecule has 0 radical (unpaired) electrons. The Hall–Kier alpha value is -3.23. The van der Waals surface area contributed by atoms with E-state index in [1.54, 1.807) is 0 Å². The minimum atomic E-state index is -1.75. The molecule has 1 aromatic heterocycles. The van der Waals surface area contributed by atoms with E-state index in [9.17, 15) is 24.9 Å². The Morgan fingerprint density at radius 2 is 1.92 bits per heavy atom. The van der Waals surface area contributed by atoms with Gasteiger partial charge in [0.2, 0.25) is 5.78 Å². The first-order valence-corrected chi connectivity index (χ1v) is 13.7. The molecule has 0 amide bonds. The molecule has 0 spiro atoms. The zero-order chi connectivity index (χ0) is 27.9. The Bertz CT molecular complexity index is 1410. The van der Waals surface area contributed by atoms with Gasteiger partial charge in [-0.25, -0.2) is 4.68 Å². The summed E-state index contributed by atoms with van der Waals surface area (Å²) in [5, 5.41) is 39.9. The van der Waals surface area contributed by atoms with E-state index in [1.807, 2.05) is 67.2 Å². The molecule has 4 aliphatic rings. The van der Waals surface area contributed by atoms with Crippen LogP contribution in [-0.4, -0.2) is 55.2 Å². The van der Waals surface area contributed by atoms with Crippen LogP contribution in [0.5, 0.6) is 0 Å². The van der Waals surface area contributed by atoms with Crippen LogP contribution in [0.3, 0.4) is 0 Å². The lowest BCUT2D eigenvalue weighted by molar-refractivity contribution is -0.182. The third kappa shape index (κ3) is 3.47. The third-order valence-electron chi connectivity index (χ3n) is 10.5. The first-order valence-electron chi connectivity index (χ1n) is 13.7. The molecule has 206 valence electrons. The number of carbonyl (C=O) groups excluding carboxylic acids is 2. The summed E-state index contributed by atoms with van der Waals surface area (Å²) in [6.07, 6.45) is 6.28. The van der Waals surface area contributed by atoms with Crippen molar-refractivity contribution in [1.82, 2.24) is 9.78 Å². The molecular weight excluding hydrogens is 496 g/mol. The van der Waals surface area contributed by atoms with E-state index in [2.05, 4.69) is 12.0 Å². The fourth-order valence-corrected chi connectivity index (χ4v) is 8.74. The van der Waals surface area contributed by atoms with Gasteiger partial charge in [0.1, 0.15) is 11.4 Å². The molecule has 4 aliphatic carbocycles. The number of nitrogens with zero attached hydrogens (tertiary/aromatic N) is 2. The molecule has 8 nitrogen and oxygen atoms in total. The number of hydrogen-bond acceptors (Lipinski definition) is 7. The van der Waals surface area contributed by atoms with Crippen molar-refractivity contribution >= 4 is 17.8 Å². The predicted octanol–water partition coefficient (Wildman–Crippen LogP) is 3.80. The van der Waals surface area contributed by atoms with Crippen molar-refractivity contribution < 1.29 is 29.6 Å². The summed E-state index contributed by atoms with van der Waals surface area (Å²) in [6.45, 7) is 6.55. The lowest BCUT2D eigenvalue weighted by Gasteiger charge is -2.59. The molecule has 8 atom stereocenters. The number of aromatic nitrogens is 2. The van der Waals surface area contributed by atoms with Crippen molar-refractivity contribution in [3.05, 3.63) is 65.2 Å². The molecule has 1 aromatic carbocycles. The standard InChI is InChI=1S/C31H36N2O6/c1-17-10-22-21-11-25(35)23-12-24-19(15-32-33(24)20-8-6-5-7-9-20)13-29(23,3)28(21)26(36)14-30(22,4)31(17,38)27(37)16-39-18(2)34/h5-9,11-12,15,17,21-22,26,28,35-36,38H,10,13-14,16H2,1-4H3/t17-,21+,22+,26+,28-,29+,30+,31+/m1/s1. The van der Waals surface area contributed by atoms with Gasteiger partial charge in [0.25, 0.3) is 0 Å². The third-order valence-corrected chi connectivity index (χ3v) is 10.5. The van der Waals surface area contributed by atoms with Crippen molar-refractivity contribution in [1.29, 1.82) is 0 Å². The fraction of sp³-hybridized carbons (Fsp3) is 0.516. The second kappa shape index (κ2) is 8.63. The van der Waals surface area contributed by atoms with Crippen LogP contribution in [0.1, 0.15) is 51.8 Å². The number of hydrogen-bond donors (Lipinski definition) is 3.